The summed E-state index contributed by atoms with van der Waals surface area (Å²) in [5.41, 5.74) is 1.44. The molecular weight excluding hydrogens is 380 g/mol. The fraction of sp³-hybridized carbons (Fsp3) is 0.429. The highest BCUT2D eigenvalue weighted by molar-refractivity contribution is 6.30. The van der Waals surface area contributed by atoms with Gasteiger partial charge in [-0.15, -0.1) is 0 Å². The number of hydrogen-bond donors (Lipinski definition) is 0. The minimum atomic E-state index is -0.507. The summed E-state index contributed by atoms with van der Waals surface area (Å²) in [7, 11) is 0. The zero-order chi connectivity index (χ0) is 20.3. The van der Waals surface area contributed by atoms with E-state index in [1.165, 1.54) is 0 Å². The lowest BCUT2D eigenvalue weighted by molar-refractivity contribution is -0.150. The number of piperazine rings is 1. The molecule has 1 unspecified atom stereocenters. The molecule has 6 nitrogen and oxygen atoms in total. The van der Waals surface area contributed by atoms with E-state index in [9.17, 15) is 9.59 Å². The monoisotopic (exact) mass is 404 g/mol. The molecule has 150 valence electrons. The Bertz CT molecular complexity index is 839. The highest BCUT2D eigenvalue weighted by Gasteiger charge is 2.33. The van der Waals surface area contributed by atoms with Crippen LogP contribution in [0.25, 0.3) is 0 Å². The molecule has 1 fully saturated rings. The van der Waals surface area contributed by atoms with Crippen LogP contribution in [0.3, 0.4) is 0 Å². The van der Waals surface area contributed by atoms with E-state index in [-0.39, 0.29) is 11.9 Å². The Kier molecular flexibility index (Phi) is 6.42. The highest BCUT2D eigenvalue weighted by Crippen LogP contribution is 2.26. The number of amides is 1. The number of ether oxygens (including phenoxy) is 1. The van der Waals surface area contributed by atoms with Gasteiger partial charge in [0, 0.05) is 31.2 Å². The molecule has 1 aliphatic rings. The van der Waals surface area contributed by atoms with Gasteiger partial charge < -0.3 is 14.1 Å². The number of furan rings is 1. The van der Waals surface area contributed by atoms with Crippen LogP contribution in [-0.4, -0.2) is 54.5 Å². The number of carbonyl (C=O) groups excluding carboxylic acids is 2. The molecule has 1 aromatic carbocycles. The lowest BCUT2D eigenvalue weighted by atomic mass is 10.0. The topological polar surface area (TPSA) is 63.0 Å². The van der Waals surface area contributed by atoms with Crippen LogP contribution in [0.15, 0.2) is 34.7 Å². The second-order valence-corrected chi connectivity index (χ2v) is 7.30. The van der Waals surface area contributed by atoms with E-state index in [1.54, 1.807) is 36.9 Å². The van der Waals surface area contributed by atoms with Gasteiger partial charge in [0.15, 0.2) is 0 Å². The predicted molar refractivity (Wildman–Crippen MR) is 106 cm³/mol. The lowest BCUT2D eigenvalue weighted by Crippen LogP contribution is -2.51. The Morgan fingerprint density at radius 3 is 2.32 bits per heavy atom. The summed E-state index contributed by atoms with van der Waals surface area (Å²) in [6.45, 7) is 7.97. The minimum absolute atomic E-state index is 0.0341. The van der Waals surface area contributed by atoms with Gasteiger partial charge in [-0.1, -0.05) is 23.7 Å². The quantitative estimate of drug-likeness (QED) is 0.712. The van der Waals surface area contributed by atoms with Crippen LogP contribution >= 0.6 is 11.6 Å². The first kappa shape index (κ1) is 20.4. The first-order valence-electron chi connectivity index (χ1n) is 9.43. The van der Waals surface area contributed by atoms with Crippen LogP contribution in [0.1, 0.15) is 40.4 Å². The molecule has 0 aliphatic carbocycles. The van der Waals surface area contributed by atoms with Crippen LogP contribution in [0, 0.1) is 13.8 Å². The van der Waals surface area contributed by atoms with Gasteiger partial charge in [-0.05, 0) is 44.5 Å². The van der Waals surface area contributed by atoms with Crippen molar-refractivity contribution >= 4 is 23.5 Å². The van der Waals surface area contributed by atoms with Crippen molar-refractivity contribution in [2.45, 2.75) is 26.8 Å². The summed E-state index contributed by atoms with van der Waals surface area (Å²) < 4.78 is 10.8. The van der Waals surface area contributed by atoms with Gasteiger partial charge in [-0.3, -0.25) is 9.69 Å². The molecule has 7 heteroatoms. The summed E-state index contributed by atoms with van der Waals surface area (Å²) in [6.07, 6.45) is 0. The van der Waals surface area contributed by atoms with Crippen molar-refractivity contribution in [3.8, 4) is 0 Å². The summed E-state index contributed by atoms with van der Waals surface area (Å²) in [5, 5.41) is 0.618. The van der Waals surface area contributed by atoms with Crippen LogP contribution in [0.4, 0.5) is 0 Å². The van der Waals surface area contributed by atoms with Crippen LogP contribution in [0.2, 0.25) is 5.02 Å². The van der Waals surface area contributed by atoms with Gasteiger partial charge >= 0.3 is 5.97 Å². The first-order valence-corrected chi connectivity index (χ1v) is 9.81. The summed E-state index contributed by atoms with van der Waals surface area (Å²) >= 11 is 5.99. The SMILES string of the molecule is CCOC(=O)C(c1ccc(Cl)cc1)N1CCN(C(=O)c2cc(C)oc2C)CC1. The Balaban J connectivity index is 1.72. The zero-order valence-electron chi connectivity index (χ0n) is 16.4. The van der Waals surface area contributed by atoms with Crippen molar-refractivity contribution in [1.82, 2.24) is 9.80 Å². The summed E-state index contributed by atoms with van der Waals surface area (Å²) in [6, 6.07) is 8.50. The van der Waals surface area contributed by atoms with Crippen molar-refractivity contribution < 1.29 is 18.7 Å². The molecule has 0 bridgehead atoms. The maximum Gasteiger partial charge on any atom is 0.328 e. The maximum atomic E-state index is 12.8. The van der Waals surface area contributed by atoms with E-state index >= 15 is 0 Å². The number of esters is 1. The fourth-order valence-corrected chi connectivity index (χ4v) is 3.68. The number of rotatable bonds is 5. The van der Waals surface area contributed by atoms with Crippen molar-refractivity contribution in [2.24, 2.45) is 0 Å². The predicted octanol–water partition coefficient (Wildman–Crippen LogP) is 3.61. The molecule has 0 N–H and O–H groups in total. The smallest absolute Gasteiger partial charge is 0.328 e. The van der Waals surface area contributed by atoms with Gasteiger partial charge in [0.05, 0.1) is 12.2 Å². The average molecular weight is 405 g/mol. The number of benzene rings is 1. The lowest BCUT2D eigenvalue weighted by Gasteiger charge is -2.38. The molecule has 1 saturated heterocycles. The van der Waals surface area contributed by atoms with Gasteiger partial charge in [-0.25, -0.2) is 4.79 Å². The van der Waals surface area contributed by atoms with Gasteiger partial charge in [0.2, 0.25) is 0 Å². The molecule has 0 saturated carbocycles. The third-order valence-electron chi connectivity index (χ3n) is 4.93. The van der Waals surface area contributed by atoms with Crippen LogP contribution in [0.5, 0.6) is 0 Å². The second kappa shape index (κ2) is 8.80. The molecule has 1 atom stereocenters. The van der Waals surface area contributed by atoms with Crippen molar-refractivity contribution in [2.75, 3.05) is 32.8 Å². The molecule has 2 aromatic rings. The normalized spacial score (nSPS) is 16.1. The van der Waals surface area contributed by atoms with Gasteiger partial charge in [0.1, 0.15) is 17.6 Å². The van der Waals surface area contributed by atoms with Gasteiger partial charge in [-0.2, -0.15) is 0 Å². The van der Waals surface area contributed by atoms with Crippen LogP contribution < -0.4 is 0 Å². The number of nitrogens with zero attached hydrogens (tertiary/aromatic N) is 2. The number of halogens is 1. The first-order chi connectivity index (χ1) is 13.4. The summed E-state index contributed by atoms with van der Waals surface area (Å²) in [5.74, 6) is 1.04. The van der Waals surface area contributed by atoms with Crippen molar-refractivity contribution in [3.05, 3.63) is 58.0 Å². The number of carbonyl (C=O) groups is 2. The Morgan fingerprint density at radius 1 is 1.14 bits per heavy atom. The molecule has 28 heavy (non-hydrogen) atoms. The third-order valence-corrected chi connectivity index (χ3v) is 5.19. The molecule has 1 amide bonds. The van der Waals surface area contributed by atoms with E-state index < -0.39 is 6.04 Å². The fourth-order valence-electron chi connectivity index (χ4n) is 3.56. The van der Waals surface area contributed by atoms with Crippen LogP contribution in [-0.2, 0) is 9.53 Å². The van der Waals surface area contributed by atoms with E-state index in [2.05, 4.69) is 4.90 Å². The number of aryl methyl sites for hydroxylation is 2. The molecule has 3 rings (SSSR count). The Hall–Kier alpha value is -2.31. The average Bonchev–Trinajstić information content (AvgIpc) is 3.02. The van der Waals surface area contributed by atoms with Gasteiger partial charge in [0.25, 0.3) is 5.91 Å². The van der Waals surface area contributed by atoms with E-state index in [0.717, 1.165) is 11.3 Å². The molecular formula is C21H25ClN2O4. The van der Waals surface area contributed by atoms with E-state index in [0.29, 0.717) is 49.1 Å². The molecule has 2 heterocycles. The maximum absolute atomic E-state index is 12.8. The third kappa shape index (κ3) is 4.39. The number of hydrogen-bond acceptors (Lipinski definition) is 5. The molecule has 0 radical (unpaired) electrons. The Labute approximate surface area is 170 Å². The Morgan fingerprint density at radius 2 is 1.79 bits per heavy atom. The molecule has 1 aromatic heterocycles. The molecule has 0 spiro atoms. The minimum Gasteiger partial charge on any atom is -0.466 e. The second-order valence-electron chi connectivity index (χ2n) is 6.86. The molecule has 1 aliphatic heterocycles. The van der Waals surface area contributed by atoms with E-state index in [4.69, 9.17) is 20.8 Å². The van der Waals surface area contributed by atoms with Crippen molar-refractivity contribution in [3.63, 3.8) is 0 Å². The van der Waals surface area contributed by atoms with E-state index in [1.807, 2.05) is 19.1 Å². The largest absolute Gasteiger partial charge is 0.466 e. The zero-order valence-corrected chi connectivity index (χ0v) is 17.2. The highest BCUT2D eigenvalue weighted by atomic mass is 35.5. The van der Waals surface area contributed by atoms with Crippen molar-refractivity contribution in [1.29, 1.82) is 0 Å². The summed E-state index contributed by atoms with van der Waals surface area (Å²) in [4.78, 5) is 29.3. The standard InChI is InChI=1S/C21H25ClN2O4/c1-4-27-21(26)19(16-5-7-17(22)8-6-16)23-9-11-24(12-10-23)20(25)18-13-14(2)28-15(18)3/h5-8,13,19H,4,9-12H2,1-3H3.